The fourth-order valence-corrected chi connectivity index (χ4v) is 4.63. The highest BCUT2D eigenvalue weighted by atomic mass is 32.2. The van der Waals surface area contributed by atoms with Crippen LogP contribution in [0.4, 0.5) is 0 Å². The van der Waals surface area contributed by atoms with Gasteiger partial charge in [-0.3, -0.25) is 19.1 Å². The molecule has 1 saturated heterocycles. The Morgan fingerprint density at radius 1 is 1.40 bits per heavy atom. The molecule has 0 aliphatic carbocycles. The van der Waals surface area contributed by atoms with Gasteiger partial charge in [0.05, 0.1) is 18.6 Å². The minimum atomic E-state index is -0.149. The number of amides is 2. The summed E-state index contributed by atoms with van der Waals surface area (Å²) in [5, 5.41) is 12.0. The molecule has 30 heavy (non-hydrogen) atoms. The van der Waals surface area contributed by atoms with Crippen molar-refractivity contribution < 1.29 is 14.3 Å². The number of nitrogens with one attached hydrogen (secondary N) is 1. The van der Waals surface area contributed by atoms with Crippen molar-refractivity contribution in [2.45, 2.75) is 11.7 Å². The molecule has 8 nitrogen and oxygen atoms in total. The second-order valence-corrected chi connectivity index (χ2v) is 8.72. The molecule has 0 saturated carbocycles. The SMILES string of the molecule is C=CCn1c(SCC(=O)NCCN2C(=O)CSC2=S)nnc1-c1ccc(OC)cc1. The molecule has 1 aliphatic rings. The van der Waals surface area contributed by atoms with Crippen molar-refractivity contribution in [1.29, 1.82) is 0 Å². The largest absolute Gasteiger partial charge is 0.497 e. The van der Waals surface area contributed by atoms with Crippen LogP contribution in [0.15, 0.2) is 42.1 Å². The number of carbonyl (C=O) groups is 2. The molecule has 11 heteroatoms. The Morgan fingerprint density at radius 3 is 2.80 bits per heavy atom. The number of nitrogens with zero attached hydrogens (tertiary/aromatic N) is 4. The fraction of sp³-hybridized carbons (Fsp3) is 0.316. The van der Waals surface area contributed by atoms with Gasteiger partial charge in [0.1, 0.15) is 10.1 Å². The maximum atomic E-state index is 12.2. The monoisotopic (exact) mass is 463 g/mol. The van der Waals surface area contributed by atoms with Gasteiger partial charge in [-0.1, -0.05) is 41.8 Å². The number of methoxy groups -OCH3 is 1. The highest BCUT2D eigenvalue weighted by molar-refractivity contribution is 8.23. The van der Waals surface area contributed by atoms with Crippen molar-refractivity contribution in [3.05, 3.63) is 36.9 Å². The van der Waals surface area contributed by atoms with Crippen molar-refractivity contribution in [3.63, 3.8) is 0 Å². The molecule has 1 aliphatic heterocycles. The van der Waals surface area contributed by atoms with E-state index in [0.29, 0.717) is 40.7 Å². The van der Waals surface area contributed by atoms with E-state index in [2.05, 4.69) is 22.1 Å². The summed E-state index contributed by atoms with van der Waals surface area (Å²) in [5.41, 5.74) is 0.894. The van der Waals surface area contributed by atoms with Gasteiger partial charge in [-0.15, -0.1) is 16.8 Å². The highest BCUT2D eigenvalue weighted by Gasteiger charge is 2.26. The summed E-state index contributed by atoms with van der Waals surface area (Å²) in [6, 6.07) is 7.54. The highest BCUT2D eigenvalue weighted by Crippen LogP contribution is 2.25. The normalized spacial score (nSPS) is 13.6. The third kappa shape index (κ3) is 5.41. The standard InChI is InChI=1S/C19H21N5O3S3/c1-3-9-24-17(13-4-6-14(27-2)7-5-13)21-22-18(24)29-11-15(25)20-8-10-23-16(26)12-30-19(23)28/h3-7H,1,8-12H2,2H3,(H,20,25). The summed E-state index contributed by atoms with van der Waals surface area (Å²) < 4.78 is 7.66. The zero-order valence-electron chi connectivity index (χ0n) is 16.4. The number of ether oxygens (including phenoxy) is 1. The minimum absolute atomic E-state index is 0.0165. The third-order valence-corrected chi connectivity index (χ3v) is 6.61. The molecular formula is C19H21N5O3S3. The first-order valence-corrected chi connectivity index (χ1v) is 11.5. The summed E-state index contributed by atoms with van der Waals surface area (Å²) in [6.07, 6.45) is 1.76. The van der Waals surface area contributed by atoms with Gasteiger partial charge in [0.25, 0.3) is 0 Å². The Balaban J connectivity index is 1.57. The number of allylic oxidation sites excluding steroid dienone is 1. The smallest absolute Gasteiger partial charge is 0.238 e. The minimum Gasteiger partial charge on any atom is -0.497 e. The van der Waals surface area contributed by atoms with E-state index >= 15 is 0 Å². The molecule has 2 aromatic rings. The van der Waals surface area contributed by atoms with E-state index in [1.165, 1.54) is 28.4 Å². The molecule has 1 aromatic heterocycles. The molecule has 0 unspecified atom stereocenters. The van der Waals surface area contributed by atoms with E-state index < -0.39 is 0 Å². The quantitative estimate of drug-likeness (QED) is 0.326. The molecule has 0 radical (unpaired) electrons. The first kappa shape index (κ1) is 22.3. The van der Waals surface area contributed by atoms with Crippen LogP contribution in [-0.4, -0.2) is 67.5 Å². The van der Waals surface area contributed by atoms with Gasteiger partial charge in [0.15, 0.2) is 11.0 Å². The fourth-order valence-electron chi connectivity index (χ4n) is 2.73. The summed E-state index contributed by atoms with van der Waals surface area (Å²) in [4.78, 5) is 25.4. The van der Waals surface area contributed by atoms with Crippen molar-refractivity contribution >= 4 is 51.9 Å². The zero-order valence-corrected chi connectivity index (χ0v) is 18.8. The first-order chi connectivity index (χ1) is 14.5. The summed E-state index contributed by atoms with van der Waals surface area (Å²) >= 11 is 7.77. The van der Waals surface area contributed by atoms with Crippen LogP contribution in [0.1, 0.15) is 0 Å². The van der Waals surface area contributed by atoms with Gasteiger partial charge in [-0.2, -0.15) is 0 Å². The predicted molar refractivity (Wildman–Crippen MR) is 123 cm³/mol. The molecule has 2 amide bonds. The lowest BCUT2D eigenvalue weighted by atomic mass is 10.2. The van der Waals surface area contributed by atoms with Gasteiger partial charge < -0.3 is 10.1 Å². The van der Waals surface area contributed by atoms with Crippen LogP contribution in [0.25, 0.3) is 11.4 Å². The Hall–Kier alpha value is -2.37. The number of thiocarbonyl (C=S) groups is 1. The topological polar surface area (TPSA) is 89.4 Å². The average Bonchev–Trinajstić information content (AvgIpc) is 3.30. The Kier molecular flexibility index (Phi) is 7.88. The molecule has 0 bridgehead atoms. The lowest BCUT2D eigenvalue weighted by Gasteiger charge is -2.15. The van der Waals surface area contributed by atoms with E-state index in [1.54, 1.807) is 13.2 Å². The van der Waals surface area contributed by atoms with Crippen molar-refractivity contribution in [2.75, 3.05) is 31.7 Å². The van der Waals surface area contributed by atoms with E-state index in [4.69, 9.17) is 17.0 Å². The lowest BCUT2D eigenvalue weighted by Crippen LogP contribution is -2.37. The average molecular weight is 464 g/mol. The number of hydrogen-bond donors (Lipinski definition) is 1. The molecule has 3 rings (SSSR count). The van der Waals surface area contributed by atoms with Crippen LogP contribution in [0.2, 0.25) is 0 Å². The number of thioether (sulfide) groups is 2. The molecule has 1 aromatic carbocycles. The molecule has 1 N–H and O–H groups in total. The predicted octanol–water partition coefficient (Wildman–Crippen LogP) is 2.21. The third-order valence-electron chi connectivity index (χ3n) is 4.21. The second-order valence-electron chi connectivity index (χ2n) is 6.17. The maximum absolute atomic E-state index is 12.2. The summed E-state index contributed by atoms with van der Waals surface area (Å²) in [5.74, 6) is 1.85. The van der Waals surface area contributed by atoms with Gasteiger partial charge in [0.2, 0.25) is 11.8 Å². The van der Waals surface area contributed by atoms with E-state index in [9.17, 15) is 9.59 Å². The van der Waals surface area contributed by atoms with Crippen LogP contribution in [0.5, 0.6) is 5.75 Å². The Bertz CT molecular complexity index is 929. The van der Waals surface area contributed by atoms with Crippen LogP contribution < -0.4 is 10.1 Å². The van der Waals surface area contributed by atoms with Crippen LogP contribution in [-0.2, 0) is 16.1 Å². The number of benzene rings is 1. The number of hydrogen-bond acceptors (Lipinski definition) is 8. The van der Waals surface area contributed by atoms with Gasteiger partial charge in [-0.25, -0.2) is 0 Å². The van der Waals surface area contributed by atoms with Crippen LogP contribution >= 0.6 is 35.7 Å². The van der Waals surface area contributed by atoms with Crippen LogP contribution in [0, 0.1) is 0 Å². The number of carbonyl (C=O) groups excluding carboxylic acids is 2. The summed E-state index contributed by atoms with van der Waals surface area (Å²) in [6.45, 7) is 5.05. The zero-order chi connectivity index (χ0) is 21.5. The van der Waals surface area contributed by atoms with Gasteiger partial charge in [-0.05, 0) is 24.3 Å². The van der Waals surface area contributed by atoms with Crippen LogP contribution in [0.3, 0.4) is 0 Å². The van der Waals surface area contributed by atoms with Crippen molar-refractivity contribution in [2.24, 2.45) is 0 Å². The molecule has 158 valence electrons. The molecule has 1 fully saturated rings. The van der Waals surface area contributed by atoms with E-state index in [-0.39, 0.29) is 17.6 Å². The first-order valence-electron chi connectivity index (χ1n) is 9.08. The molecule has 2 heterocycles. The number of rotatable bonds is 10. The van der Waals surface area contributed by atoms with Crippen molar-refractivity contribution in [1.82, 2.24) is 25.0 Å². The Morgan fingerprint density at radius 2 is 2.17 bits per heavy atom. The van der Waals surface area contributed by atoms with Crippen molar-refractivity contribution in [3.8, 4) is 17.1 Å². The van der Waals surface area contributed by atoms with Gasteiger partial charge >= 0.3 is 0 Å². The maximum Gasteiger partial charge on any atom is 0.238 e. The molecule has 0 atom stereocenters. The second kappa shape index (κ2) is 10.6. The Labute approximate surface area is 188 Å². The van der Waals surface area contributed by atoms with E-state index in [0.717, 1.165) is 11.3 Å². The number of aromatic nitrogens is 3. The van der Waals surface area contributed by atoms with E-state index in [1.807, 2.05) is 28.8 Å². The molecular weight excluding hydrogens is 442 g/mol. The van der Waals surface area contributed by atoms with Gasteiger partial charge in [0, 0.05) is 25.2 Å². The lowest BCUT2D eigenvalue weighted by molar-refractivity contribution is -0.124. The molecule has 0 spiro atoms. The summed E-state index contributed by atoms with van der Waals surface area (Å²) in [7, 11) is 1.62.